The van der Waals surface area contributed by atoms with E-state index < -0.39 is 0 Å². The highest BCUT2D eigenvalue weighted by atomic mass is 14.1. The Hall–Kier alpha value is -0.740. The van der Waals surface area contributed by atoms with Gasteiger partial charge in [-0.15, -0.1) is 5.73 Å². The van der Waals surface area contributed by atoms with Crippen LogP contribution in [0.5, 0.6) is 0 Å². The maximum atomic E-state index is 3.18. The maximum Gasteiger partial charge on any atom is -0.00565 e. The molecule has 0 spiro atoms. The zero-order chi connectivity index (χ0) is 6.81. The first-order chi connectivity index (χ1) is 4.97. The van der Waals surface area contributed by atoms with E-state index in [-0.39, 0.29) is 0 Å². The largest absolute Gasteiger partial charge is 0.125 e. The summed E-state index contributed by atoms with van der Waals surface area (Å²) in [5, 5.41) is 0. The van der Waals surface area contributed by atoms with Gasteiger partial charge >= 0.3 is 0 Å². The summed E-state index contributed by atoms with van der Waals surface area (Å²) >= 11 is 0. The Kier molecular flexibility index (Phi) is 1.49. The average Bonchev–Trinajstić information content (AvgIpc) is 2.05. The fraction of sp³-hybridized carbons (Fsp3) is 0.500. The Labute approximate surface area is 61.9 Å². The predicted molar refractivity (Wildman–Crippen MR) is 42.8 cm³/mol. The minimum atomic E-state index is 1.17. The van der Waals surface area contributed by atoms with E-state index in [1.807, 2.05) is 0 Å². The molecule has 0 aromatic carbocycles. The van der Waals surface area contributed by atoms with E-state index in [0.29, 0.717) is 0 Å². The van der Waals surface area contributed by atoms with Crippen LogP contribution < -0.4 is 0 Å². The van der Waals surface area contributed by atoms with Gasteiger partial charge in [0.15, 0.2) is 0 Å². The molecule has 0 aromatic rings. The number of hydrogen-bond acceptors (Lipinski definition) is 0. The highest BCUT2D eigenvalue weighted by Gasteiger charge is 2.10. The number of hydrogen-bond donors (Lipinski definition) is 0. The lowest BCUT2D eigenvalue weighted by molar-refractivity contribution is 0.670. The van der Waals surface area contributed by atoms with Crippen molar-refractivity contribution in [3.05, 3.63) is 29.0 Å². The van der Waals surface area contributed by atoms with Gasteiger partial charge in [-0.2, -0.15) is 0 Å². The fourth-order valence-corrected chi connectivity index (χ4v) is 1.74. The topological polar surface area (TPSA) is 0 Å². The molecular formula is C10H12. The summed E-state index contributed by atoms with van der Waals surface area (Å²) in [7, 11) is 0. The molecule has 10 heavy (non-hydrogen) atoms. The zero-order valence-corrected chi connectivity index (χ0v) is 6.19. The van der Waals surface area contributed by atoms with E-state index in [1.54, 1.807) is 11.1 Å². The van der Waals surface area contributed by atoms with Crippen molar-refractivity contribution in [2.24, 2.45) is 0 Å². The van der Waals surface area contributed by atoms with E-state index in [0.717, 1.165) is 0 Å². The van der Waals surface area contributed by atoms with Gasteiger partial charge in [0, 0.05) is 0 Å². The van der Waals surface area contributed by atoms with E-state index in [4.69, 9.17) is 0 Å². The van der Waals surface area contributed by atoms with Crippen LogP contribution >= 0.6 is 0 Å². The van der Waals surface area contributed by atoms with Crippen molar-refractivity contribution in [2.75, 3.05) is 0 Å². The van der Waals surface area contributed by atoms with Crippen LogP contribution in [0.15, 0.2) is 29.0 Å². The Morgan fingerprint density at radius 3 is 3.00 bits per heavy atom. The lowest BCUT2D eigenvalue weighted by atomic mass is 9.88. The van der Waals surface area contributed by atoms with Crippen molar-refractivity contribution in [1.82, 2.24) is 0 Å². The van der Waals surface area contributed by atoms with Crippen molar-refractivity contribution < 1.29 is 0 Å². The first-order valence-corrected chi connectivity index (χ1v) is 4.08. The van der Waals surface area contributed by atoms with Crippen LogP contribution in [0.3, 0.4) is 0 Å². The van der Waals surface area contributed by atoms with E-state index in [2.05, 4.69) is 17.9 Å². The summed E-state index contributed by atoms with van der Waals surface area (Å²) in [6.07, 6.45) is 10.9. The van der Waals surface area contributed by atoms with Crippen LogP contribution in [0.2, 0.25) is 0 Å². The SMILES string of the molecule is C1=CCC2=C(C=1)CCCC2. The van der Waals surface area contributed by atoms with Gasteiger partial charge < -0.3 is 0 Å². The van der Waals surface area contributed by atoms with Crippen LogP contribution in [0, 0.1) is 0 Å². The quantitative estimate of drug-likeness (QED) is 0.444. The maximum absolute atomic E-state index is 3.18. The number of rotatable bonds is 0. The lowest BCUT2D eigenvalue weighted by Crippen LogP contribution is -1.98. The Bertz CT molecular complexity index is 224. The Balaban J connectivity index is 2.30. The zero-order valence-electron chi connectivity index (χ0n) is 6.19. The second-order valence-corrected chi connectivity index (χ2v) is 3.06. The number of allylic oxidation sites excluding steroid dienone is 3. The molecule has 0 heteroatoms. The van der Waals surface area contributed by atoms with Gasteiger partial charge in [-0.3, -0.25) is 0 Å². The second-order valence-electron chi connectivity index (χ2n) is 3.06. The van der Waals surface area contributed by atoms with Gasteiger partial charge in [0.05, 0.1) is 0 Å². The van der Waals surface area contributed by atoms with Gasteiger partial charge in [0.2, 0.25) is 0 Å². The van der Waals surface area contributed by atoms with Crippen LogP contribution in [-0.2, 0) is 0 Å². The van der Waals surface area contributed by atoms with Gasteiger partial charge in [0.25, 0.3) is 0 Å². The predicted octanol–water partition coefficient (Wildman–Crippen LogP) is 2.97. The lowest BCUT2D eigenvalue weighted by Gasteiger charge is -2.17. The molecule has 0 unspecified atom stereocenters. The molecule has 0 saturated heterocycles. The summed E-state index contributed by atoms with van der Waals surface area (Å²) in [4.78, 5) is 0. The molecule has 52 valence electrons. The third kappa shape index (κ3) is 0.955. The van der Waals surface area contributed by atoms with E-state index >= 15 is 0 Å². The molecule has 2 aliphatic carbocycles. The van der Waals surface area contributed by atoms with Gasteiger partial charge in [-0.05, 0) is 49.8 Å². The molecular weight excluding hydrogens is 120 g/mol. The van der Waals surface area contributed by atoms with Crippen molar-refractivity contribution in [3.8, 4) is 0 Å². The Morgan fingerprint density at radius 2 is 2.10 bits per heavy atom. The molecule has 0 radical (unpaired) electrons. The van der Waals surface area contributed by atoms with Crippen LogP contribution in [0.1, 0.15) is 32.1 Å². The van der Waals surface area contributed by atoms with Crippen LogP contribution in [0.25, 0.3) is 0 Å². The molecule has 0 saturated carbocycles. The van der Waals surface area contributed by atoms with Crippen molar-refractivity contribution in [3.63, 3.8) is 0 Å². The molecule has 0 heterocycles. The van der Waals surface area contributed by atoms with Crippen LogP contribution in [0.4, 0.5) is 0 Å². The summed E-state index contributed by atoms with van der Waals surface area (Å²) in [6, 6.07) is 0. The van der Waals surface area contributed by atoms with Crippen molar-refractivity contribution >= 4 is 0 Å². The molecule has 0 aliphatic heterocycles. The second kappa shape index (κ2) is 2.48. The average molecular weight is 132 g/mol. The van der Waals surface area contributed by atoms with Gasteiger partial charge in [-0.25, -0.2) is 0 Å². The first kappa shape index (κ1) is 6.00. The van der Waals surface area contributed by atoms with E-state index in [1.165, 1.54) is 32.1 Å². The van der Waals surface area contributed by atoms with Crippen molar-refractivity contribution in [1.29, 1.82) is 0 Å². The molecule has 0 atom stereocenters. The summed E-state index contributed by atoms with van der Waals surface area (Å²) < 4.78 is 0. The summed E-state index contributed by atoms with van der Waals surface area (Å²) in [6.45, 7) is 0. The molecule has 0 fully saturated rings. The molecule has 2 rings (SSSR count). The minimum Gasteiger partial charge on any atom is -0.125 e. The van der Waals surface area contributed by atoms with Crippen molar-refractivity contribution in [2.45, 2.75) is 32.1 Å². The monoisotopic (exact) mass is 132 g/mol. The van der Waals surface area contributed by atoms with Crippen LogP contribution in [-0.4, -0.2) is 0 Å². The summed E-state index contributed by atoms with van der Waals surface area (Å²) in [5.41, 5.74) is 6.42. The van der Waals surface area contributed by atoms with Gasteiger partial charge in [-0.1, -0.05) is 5.57 Å². The standard InChI is InChI=1S/C10H12/c1-2-6-10-8-4-3-7-9(10)5-1/h1,6H,3-5,7-8H2. The summed E-state index contributed by atoms with van der Waals surface area (Å²) in [5.74, 6) is 0. The highest BCUT2D eigenvalue weighted by Crippen LogP contribution is 2.29. The first-order valence-electron chi connectivity index (χ1n) is 4.08. The molecule has 0 amide bonds. The third-order valence-corrected chi connectivity index (χ3v) is 2.35. The Morgan fingerprint density at radius 1 is 1.20 bits per heavy atom. The van der Waals surface area contributed by atoms with E-state index in [9.17, 15) is 0 Å². The normalized spacial score (nSPS) is 23.2. The smallest absolute Gasteiger partial charge is 0.00565 e. The third-order valence-electron chi connectivity index (χ3n) is 2.35. The van der Waals surface area contributed by atoms with Gasteiger partial charge in [0.1, 0.15) is 0 Å². The molecule has 0 bridgehead atoms. The molecule has 0 N–H and O–H groups in total. The minimum absolute atomic E-state index is 1.17. The molecule has 2 aliphatic rings. The molecule has 0 nitrogen and oxygen atoms in total. The highest BCUT2D eigenvalue weighted by molar-refractivity contribution is 5.31. The molecule has 0 aromatic heterocycles. The fourth-order valence-electron chi connectivity index (χ4n) is 1.74.